The molecule has 0 saturated carbocycles. The molecule has 4 heteroatoms. The van der Waals surface area contributed by atoms with Gasteiger partial charge in [-0.3, -0.25) is 4.79 Å². The van der Waals surface area contributed by atoms with Gasteiger partial charge in [-0.25, -0.2) is 0 Å². The SMILES string of the molecule is NC(=O)CC1COCCO1. The molecular formula is C6H11NO3. The Kier molecular flexibility index (Phi) is 2.65. The van der Waals surface area contributed by atoms with Crippen molar-refractivity contribution in [2.45, 2.75) is 12.5 Å². The van der Waals surface area contributed by atoms with E-state index >= 15 is 0 Å². The zero-order valence-electron chi connectivity index (χ0n) is 5.71. The van der Waals surface area contributed by atoms with Gasteiger partial charge in [-0.1, -0.05) is 0 Å². The van der Waals surface area contributed by atoms with E-state index in [9.17, 15) is 4.79 Å². The zero-order valence-corrected chi connectivity index (χ0v) is 5.71. The third kappa shape index (κ3) is 2.33. The number of carbonyl (C=O) groups is 1. The molecule has 1 heterocycles. The van der Waals surface area contributed by atoms with Crippen LogP contribution < -0.4 is 5.73 Å². The van der Waals surface area contributed by atoms with Gasteiger partial charge in [0, 0.05) is 0 Å². The predicted molar refractivity (Wildman–Crippen MR) is 34.4 cm³/mol. The van der Waals surface area contributed by atoms with Crippen molar-refractivity contribution in [3.63, 3.8) is 0 Å². The van der Waals surface area contributed by atoms with Crippen LogP contribution in [0.25, 0.3) is 0 Å². The lowest BCUT2D eigenvalue weighted by molar-refractivity contribution is -0.128. The summed E-state index contributed by atoms with van der Waals surface area (Å²) in [6.07, 6.45) is 0.145. The molecule has 0 aromatic heterocycles. The number of hydrogen-bond acceptors (Lipinski definition) is 3. The average Bonchev–Trinajstić information content (AvgIpc) is 1.88. The highest BCUT2D eigenvalue weighted by Crippen LogP contribution is 2.03. The van der Waals surface area contributed by atoms with Crippen molar-refractivity contribution in [2.75, 3.05) is 19.8 Å². The first kappa shape index (κ1) is 7.50. The summed E-state index contributed by atoms with van der Waals surface area (Å²) in [5.74, 6) is -0.337. The van der Waals surface area contributed by atoms with Crippen LogP contribution in [0.3, 0.4) is 0 Å². The molecule has 0 radical (unpaired) electrons. The van der Waals surface area contributed by atoms with Gasteiger partial charge < -0.3 is 15.2 Å². The summed E-state index contributed by atoms with van der Waals surface area (Å²) in [7, 11) is 0. The Labute approximate surface area is 59.3 Å². The van der Waals surface area contributed by atoms with Gasteiger partial charge >= 0.3 is 0 Å². The van der Waals surface area contributed by atoms with E-state index in [1.54, 1.807) is 0 Å². The minimum Gasteiger partial charge on any atom is -0.376 e. The maximum atomic E-state index is 10.4. The molecule has 1 fully saturated rings. The molecule has 58 valence electrons. The van der Waals surface area contributed by atoms with Crippen molar-refractivity contribution in [1.29, 1.82) is 0 Å². The van der Waals surface area contributed by atoms with E-state index in [-0.39, 0.29) is 18.4 Å². The molecule has 1 rings (SSSR count). The van der Waals surface area contributed by atoms with E-state index in [1.165, 1.54) is 0 Å². The van der Waals surface area contributed by atoms with E-state index in [1.807, 2.05) is 0 Å². The van der Waals surface area contributed by atoms with Gasteiger partial charge in [0.15, 0.2) is 0 Å². The summed E-state index contributed by atoms with van der Waals surface area (Å²) < 4.78 is 10.2. The molecule has 10 heavy (non-hydrogen) atoms. The molecule has 1 aliphatic heterocycles. The normalized spacial score (nSPS) is 26.2. The first-order valence-electron chi connectivity index (χ1n) is 3.26. The number of rotatable bonds is 2. The minimum atomic E-state index is -0.337. The second kappa shape index (κ2) is 3.53. The largest absolute Gasteiger partial charge is 0.376 e. The fourth-order valence-electron chi connectivity index (χ4n) is 0.879. The van der Waals surface area contributed by atoms with Crippen LogP contribution in [0.15, 0.2) is 0 Å². The lowest BCUT2D eigenvalue weighted by Gasteiger charge is -2.21. The first-order valence-corrected chi connectivity index (χ1v) is 3.26. The van der Waals surface area contributed by atoms with Crippen molar-refractivity contribution in [3.05, 3.63) is 0 Å². The topological polar surface area (TPSA) is 61.6 Å². The number of carbonyl (C=O) groups excluding carboxylic acids is 1. The molecule has 0 aromatic carbocycles. The quantitative estimate of drug-likeness (QED) is 0.557. The number of ether oxygens (including phenoxy) is 2. The van der Waals surface area contributed by atoms with Gasteiger partial charge in [-0.15, -0.1) is 0 Å². The van der Waals surface area contributed by atoms with E-state index in [0.717, 1.165) is 0 Å². The molecule has 1 amide bonds. The van der Waals surface area contributed by atoms with Crippen molar-refractivity contribution in [1.82, 2.24) is 0 Å². The number of hydrogen-bond donors (Lipinski definition) is 1. The first-order chi connectivity index (χ1) is 4.79. The third-order valence-corrected chi connectivity index (χ3v) is 1.31. The van der Waals surface area contributed by atoms with Crippen molar-refractivity contribution in [3.8, 4) is 0 Å². The molecule has 1 unspecified atom stereocenters. The summed E-state index contributed by atoms with van der Waals surface area (Å²) >= 11 is 0. The Balaban J connectivity index is 2.19. The predicted octanol–water partition coefficient (Wildman–Crippen LogP) is -0.723. The highest BCUT2D eigenvalue weighted by atomic mass is 16.6. The molecule has 0 bridgehead atoms. The summed E-state index contributed by atoms with van der Waals surface area (Å²) in [5, 5.41) is 0. The number of primary amides is 1. The van der Waals surface area contributed by atoms with Gasteiger partial charge in [0.1, 0.15) is 0 Å². The molecule has 1 atom stereocenters. The second-order valence-electron chi connectivity index (χ2n) is 2.24. The Hall–Kier alpha value is -0.610. The summed E-state index contributed by atoms with van der Waals surface area (Å²) in [5.41, 5.74) is 4.95. The zero-order chi connectivity index (χ0) is 7.40. The van der Waals surface area contributed by atoms with Crippen LogP contribution in [0, 0.1) is 0 Å². The molecule has 0 spiro atoms. The maximum absolute atomic E-state index is 10.4. The van der Waals surface area contributed by atoms with E-state index in [4.69, 9.17) is 15.2 Å². The van der Waals surface area contributed by atoms with Crippen molar-refractivity contribution in [2.24, 2.45) is 5.73 Å². The molecule has 2 N–H and O–H groups in total. The van der Waals surface area contributed by atoms with Gasteiger partial charge in [0.25, 0.3) is 0 Å². The summed E-state index contributed by atoms with van der Waals surface area (Å²) in [4.78, 5) is 10.4. The molecule has 1 aliphatic rings. The Morgan fingerprint density at radius 2 is 2.40 bits per heavy atom. The van der Waals surface area contributed by atoms with Crippen LogP contribution in [0.4, 0.5) is 0 Å². The lowest BCUT2D eigenvalue weighted by atomic mass is 10.2. The highest BCUT2D eigenvalue weighted by molar-refractivity contribution is 5.74. The fourth-order valence-corrected chi connectivity index (χ4v) is 0.879. The van der Waals surface area contributed by atoms with Crippen LogP contribution in [0.2, 0.25) is 0 Å². The molecule has 4 nitrogen and oxygen atoms in total. The Bertz CT molecular complexity index is 120. The number of nitrogens with two attached hydrogens (primary N) is 1. The van der Waals surface area contributed by atoms with Gasteiger partial charge in [0.2, 0.25) is 5.91 Å². The summed E-state index contributed by atoms with van der Waals surface area (Å²) in [6, 6.07) is 0. The number of amides is 1. The van der Waals surface area contributed by atoms with E-state index < -0.39 is 0 Å². The van der Waals surface area contributed by atoms with Crippen LogP contribution in [0.5, 0.6) is 0 Å². The minimum absolute atomic E-state index is 0.119. The smallest absolute Gasteiger partial charge is 0.220 e. The van der Waals surface area contributed by atoms with Gasteiger partial charge in [0.05, 0.1) is 32.3 Å². The van der Waals surface area contributed by atoms with E-state index in [2.05, 4.69) is 0 Å². The fraction of sp³-hybridized carbons (Fsp3) is 0.833. The summed E-state index contributed by atoms with van der Waals surface area (Å²) in [6.45, 7) is 1.68. The average molecular weight is 145 g/mol. The standard InChI is InChI=1S/C6H11NO3/c7-6(8)3-5-4-9-1-2-10-5/h5H,1-4H2,(H2,7,8). The lowest BCUT2D eigenvalue weighted by Crippen LogP contribution is -2.32. The van der Waals surface area contributed by atoms with E-state index in [0.29, 0.717) is 19.8 Å². The Morgan fingerprint density at radius 1 is 1.60 bits per heavy atom. The third-order valence-electron chi connectivity index (χ3n) is 1.31. The molecule has 0 aromatic rings. The van der Waals surface area contributed by atoms with Crippen molar-refractivity contribution < 1.29 is 14.3 Å². The molecule has 0 aliphatic carbocycles. The highest BCUT2D eigenvalue weighted by Gasteiger charge is 2.15. The monoisotopic (exact) mass is 145 g/mol. The van der Waals surface area contributed by atoms with Crippen LogP contribution in [-0.2, 0) is 14.3 Å². The van der Waals surface area contributed by atoms with Crippen LogP contribution in [-0.4, -0.2) is 31.8 Å². The maximum Gasteiger partial charge on any atom is 0.220 e. The van der Waals surface area contributed by atoms with Crippen molar-refractivity contribution >= 4 is 5.91 Å². The van der Waals surface area contributed by atoms with Gasteiger partial charge in [-0.05, 0) is 0 Å². The second-order valence-corrected chi connectivity index (χ2v) is 2.24. The molecule has 1 saturated heterocycles. The Morgan fingerprint density at radius 3 is 2.90 bits per heavy atom. The van der Waals surface area contributed by atoms with Gasteiger partial charge in [-0.2, -0.15) is 0 Å². The van der Waals surface area contributed by atoms with Crippen LogP contribution >= 0.6 is 0 Å². The van der Waals surface area contributed by atoms with Crippen LogP contribution in [0.1, 0.15) is 6.42 Å². The molecular weight excluding hydrogens is 134 g/mol.